The quantitative estimate of drug-likeness (QED) is 0.488. The van der Waals surface area contributed by atoms with E-state index in [0.717, 1.165) is 4.47 Å². The molecule has 0 aliphatic heterocycles. The summed E-state index contributed by atoms with van der Waals surface area (Å²) in [5, 5.41) is 0. The molecule has 0 radical (unpaired) electrons. The molecule has 0 aliphatic rings. The predicted octanol–water partition coefficient (Wildman–Crippen LogP) is 3.49. The van der Waals surface area contributed by atoms with Crippen molar-refractivity contribution in [2.24, 2.45) is 0 Å². The van der Waals surface area contributed by atoms with Crippen molar-refractivity contribution in [3.05, 3.63) is 58.1 Å². The highest BCUT2D eigenvalue weighted by atomic mass is 79.9. The summed E-state index contributed by atoms with van der Waals surface area (Å²) in [7, 11) is 1.45. The summed E-state index contributed by atoms with van der Waals surface area (Å²) in [4.78, 5) is 22.7. The number of esters is 1. The second-order valence-electron chi connectivity index (χ2n) is 3.92. The Morgan fingerprint density at radius 3 is 2.40 bits per heavy atom. The third-order valence-electron chi connectivity index (χ3n) is 2.61. The van der Waals surface area contributed by atoms with E-state index in [1.165, 1.54) is 19.2 Å². The lowest BCUT2D eigenvalue weighted by Crippen LogP contribution is -2.09. The Hall–Kier alpha value is -2.14. The second-order valence-corrected chi connectivity index (χ2v) is 4.84. The van der Waals surface area contributed by atoms with Crippen LogP contribution >= 0.6 is 15.9 Å². The average molecular weight is 335 g/mol. The summed E-state index contributed by atoms with van der Waals surface area (Å²) < 4.78 is 11.2. The summed E-state index contributed by atoms with van der Waals surface area (Å²) >= 11 is 3.29. The van der Waals surface area contributed by atoms with E-state index < -0.39 is 5.97 Å². The Bertz CT molecular complexity index is 635. The van der Waals surface area contributed by atoms with Gasteiger partial charge in [0.1, 0.15) is 6.29 Å². The Balaban J connectivity index is 2.23. The number of aldehydes is 1. The van der Waals surface area contributed by atoms with Gasteiger partial charge in [0.2, 0.25) is 0 Å². The first kappa shape index (κ1) is 14.3. The van der Waals surface area contributed by atoms with Gasteiger partial charge in [0, 0.05) is 10.0 Å². The third-order valence-corrected chi connectivity index (χ3v) is 3.14. The second kappa shape index (κ2) is 6.34. The Morgan fingerprint density at radius 1 is 1.10 bits per heavy atom. The summed E-state index contributed by atoms with van der Waals surface area (Å²) in [5.74, 6) is 0.112. The number of rotatable bonds is 4. The molecule has 0 atom stereocenters. The zero-order valence-corrected chi connectivity index (χ0v) is 12.2. The topological polar surface area (TPSA) is 52.6 Å². The van der Waals surface area contributed by atoms with Crippen LogP contribution in [0, 0.1) is 0 Å². The van der Waals surface area contributed by atoms with Crippen molar-refractivity contribution in [3.63, 3.8) is 0 Å². The van der Waals surface area contributed by atoms with Crippen LogP contribution in [0.4, 0.5) is 0 Å². The first-order valence-electron chi connectivity index (χ1n) is 5.75. The Labute approximate surface area is 124 Å². The molecule has 0 bridgehead atoms. The minimum atomic E-state index is -0.491. The maximum absolute atomic E-state index is 12.0. The molecule has 0 spiro atoms. The van der Waals surface area contributed by atoms with Gasteiger partial charge in [0.25, 0.3) is 0 Å². The summed E-state index contributed by atoms with van der Waals surface area (Å²) in [6, 6.07) is 11.4. The van der Waals surface area contributed by atoms with Gasteiger partial charge in [-0.1, -0.05) is 15.9 Å². The van der Waals surface area contributed by atoms with Crippen molar-refractivity contribution in [2.75, 3.05) is 7.11 Å². The van der Waals surface area contributed by atoms with E-state index in [1.807, 2.05) is 0 Å². The molecule has 4 nitrogen and oxygen atoms in total. The minimum absolute atomic E-state index is 0.269. The summed E-state index contributed by atoms with van der Waals surface area (Å²) in [6.07, 6.45) is 0.697. The van der Waals surface area contributed by atoms with Gasteiger partial charge >= 0.3 is 5.97 Å². The fourth-order valence-electron chi connectivity index (χ4n) is 1.59. The highest BCUT2D eigenvalue weighted by Crippen LogP contribution is 2.28. The van der Waals surface area contributed by atoms with Crippen LogP contribution in [0.1, 0.15) is 20.7 Å². The van der Waals surface area contributed by atoms with Crippen molar-refractivity contribution < 1.29 is 19.1 Å². The van der Waals surface area contributed by atoms with Crippen LogP contribution in [0.15, 0.2) is 46.9 Å². The molecule has 0 N–H and O–H groups in total. The monoisotopic (exact) mass is 334 g/mol. The number of methoxy groups -OCH3 is 1. The van der Waals surface area contributed by atoms with E-state index in [1.54, 1.807) is 30.3 Å². The number of carbonyl (C=O) groups excluding carboxylic acids is 2. The number of halogens is 1. The lowest BCUT2D eigenvalue weighted by atomic mass is 10.2. The van der Waals surface area contributed by atoms with E-state index in [4.69, 9.17) is 9.47 Å². The number of benzene rings is 2. The van der Waals surface area contributed by atoms with Crippen molar-refractivity contribution in [3.8, 4) is 11.5 Å². The fourth-order valence-corrected chi connectivity index (χ4v) is 1.85. The van der Waals surface area contributed by atoms with Gasteiger partial charge in [0.15, 0.2) is 11.5 Å². The molecule has 2 rings (SSSR count). The molecule has 5 heteroatoms. The van der Waals surface area contributed by atoms with Gasteiger partial charge in [-0.05, 0) is 42.5 Å². The first-order chi connectivity index (χ1) is 9.63. The van der Waals surface area contributed by atoms with E-state index in [-0.39, 0.29) is 5.75 Å². The molecule has 0 amide bonds. The largest absolute Gasteiger partial charge is 0.493 e. The van der Waals surface area contributed by atoms with E-state index in [0.29, 0.717) is 23.2 Å². The maximum atomic E-state index is 12.0. The van der Waals surface area contributed by atoms with E-state index in [2.05, 4.69) is 15.9 Å². The molecule has 2 aromatic carbocycles. The molecule has 102 valence electrons. The van der Waals surface area contributed by atoms with Crippen molar-refractivity contribution >= 4 is 28.2 Å². The maximum Gasteiger partial charge on any atom is 0.343 e. The van der Waals surface area contributed by atoms with E-state index in [9.17, 15) is 9.59 Å². The molecule has 20 heavy (non-hydrogen) atoms. The van der Waals surface area contributed by atoms with Crippen molar-refractivity contribution in [2.45, 2.75) is 0 Å². The van der Waals surface area contributed by atoms with E-state index >= 15 is 0 Å². The zero-order chi connectivity index (χ0) is 14.5. The van der Waals surface area contributed by atoms with Crippen LogP contribution in [0.3, 0.4) is 0 Å². The van der Waals surface area contributed by atoms with Crippen LogP contribution < -0.4 is 9.47 Å². The van der Waals surface area contributed by atoms with Crippen LogP contribution in [0.2, 0.25) is 0 Å². The van der Waals surface area contributed by atoms with Gasteiger partial charge in [-0.25, -0.2) is 4.79 Å². The number of hydrogen-bond donors (Lipinski definition) is 0. The molecule has 0 fully saturated rings. The molecule has 0 aromatic heterocycles. The van der Waals surface area contributed by atoms with Crippen molar-refractivity contribution in [1.29, 1.82) is 0 Å². The van der Waals surface area contributed by atoms with Crippen LogP contribution in [0.5, 0.6) is 11.5 Å². The zero-order valence-electron chi connectivity index (χ0n) is 10.6. The Kier molecular flexibility index (Phi) is 4.53. The molecule has 0 heterocycles. The van der Waals surface area contributed by atoms with Gasteiger partial charge in [-0.2, -0.15) is 0 Å². The highest BCUT2D eigenvalue weighted by molar-refractivity contribution is 9.10. The summed E-state index contributed by atoms with van der Waals surface area (Å²) in [6.45, 7) is 0. The molecular weight excluding hydrogens is 324 g/mol. The van der Waals surface area contributed by atoms with Crippen LogP contribution in [0.25, 0.3) is 0 Å². The molecule has 0 aliphatic carbocycles. The average Bonchev–Trinajstić information content (AvgIpc) is 2.48. The summed E-state index contributed by atoms with van der Waals surface area (Å²) in [5.41, 5.74) is 0.875. The predicted molar refractivity (Wildman–Crippen MR) is 77.5 cm³/mol. The number of carbonyl (C=O) groups is 2. The fraction of sp³-hybridized carbons (Fsp3) is 0.0667. The smallest absolute Gasteiger partial charge is 0.343 e. The van der Waals surface area contributed by atoms with Gasteiger partial charge < -0.3 is 9.47 Å². The van der Waals surface area contributed by atoms with Crippen LogP contribution in [-0.2, 0) is 0 Å². The van der Waals surface area contributed by atoms with Gasteiger partial charge in [0.05, 0.1) is 12.7 Å². The molecule has 0 saturated carbocycles. The van der Waals surface area contributed by atoms with Crippen LogP contribution in [-0.4, -0.2) is 19.4 Å². The number of hydrogen-bond acceptors (Lipinski definition) is 4. The lowest BCUT2D eigenvalue weighted by molar-refractivity contribution is 0.0729. The standard InChI is InChI=1S/C15H11BrO4/c1-19-14-8-10(9-17)2-7-13(14)20-15(18)11-3-5-12(16)6-4-11/h2-9H,1H3. The molecule has 0 saturated heterocycles. The van der Waals surface area contributed by atoms with Gasteiger partial charge in [-0.3, -0.25) is 4.79 Å². The SMILES string of the molecule is COc1cc(C=O)ccc1OC(=O)c1ccc(Br)cc1. The Morgan fingerprint density at radius 2 is 1.80 bits per heavy atom. The minimum Gasteiger partial charge on any atom is -0.493 e. The van der Waals surface area contributed by atoms with Crippen molar-refractivity contribution in [1.82, 2.24) is 0 Å². The molecular formula is C15H11BrO4. The normalized spacial score (nSPS) is 9.90. The van der Waals surface area contributed by atoms with Gasteiger partial charge in [-0.15, -0.1) is 0 Å². The highest BCUT2D eigenvalue weighted by Gasteiger charge is 2.12. The lowest BCUT2D eigenvalue weighted by Gasteiger charge is -2.09. The molecule has 0 unspecified atom stereocenters. The molecule has 2 aromatic rings. The third kappa shape index (κ3) is 3.24. The number of ether oxygens (including phenoxy) is 2. The first-order valence-corrected chi connectivity index (χ1v) is 6.54.